The van der Waals surface area contributed by atoms with Crippen LogP contribution in [0.3, 0.4) is 0 Å². The van der Waals surface area contributed by atoms with Gasteiger partial charge in [-0.3, -0.25) is 4.79 Å². The quantitative estimate of drug-likeness (QED) is 0.808. The second-order valence-corrected chi connectivity index (χ2v) is 6.88. The molecule has 130 valence electrons. The number of hydrogen-bond donors (Lipinski definition) is 2. The molecule has 2 rings (SSSR count). The molecular weight excluding hydrogens is 314 g/mol. The minimum Gasteiger partial charge on any atom is -0.481 e. The maximum Gasteiger partial charge on any atom is 0.492 e. The second-order valence-electron chi connectivity index (χ2n) is 6.88. The smallest absolute Gasteiger partial charge is 0.481 e. The Bertz CT molecular complexity index is 653. The molecular formula is C17H22BFO5. The number of carbonyl (C=O) groups is 1. The molecule has 2 N–H and O–H groups in total. The maximum atomic E-state index is 13.6. The molecule has 5 nitrogen and oxygen atoms in total. The van der Waals surface area contributed by atoms with Crippen molar-refractivity contribution in [2.45, 2.75) is 45.3 Å². The molecule has 0 amide bonds. The fraction of sp³-hybridized carbons (Fsp3) is 0.471. The van der Waals surface area contributed by atoms with E-state index in [4.69, 9.17) is 14.4 Å². The summed E-state index contributed by atoms with van der Waals surface area (Å²) in [5.41, 5.74) is 0.101. The van der Waals surface area contributed by atoms with Crippen LogP contribution in [-0.2, 0) is 20.5 Å². The lowest BCUT2D eigenvalue weighted by atomic mass is 9.77. The summed E-state index contributed by atoms with van der Waals surface area (Å²) in [4.78, 5) is 11.0. The van der Waals surface area contributed by atoms with Crippen molar-refractivity contribution in [1.29, 1.82) is 0 Å². The van der Waals surface area contributed by atoms with Gasteiger partial charge in [0.1, 0.15) is 5.82 Å². The molecule has 7 heteroatoms. The van der Waals surface area contributed by atoms with Crippen LogP contribution in [0.2, 0.25) is 0 Å². The van der Waals surface area contributed by atoms with E-state index in [1.165, 1.54) is 24.3 Å². The summed E-state index contributed by atoms with van der Waals surface area (Å²) < 4.78 is 25.3. The van der Waals surface area contributed by atoms with E-state index in [0.717, 1.165) is 0 Å². The number of hydrogen-bond acceptors (Lipinski definition) is 4. The van der Waals surface area contributed by atoms with Gasteiger partial charge in [-0.25, -0.2) is 4.39 Å². The van der Waals surface area contributed by atoms with Crippen molar-refractivity contribution in [1.82, 2.24) is 0 Å². The number of benzene rings is 1. The molecule has 0 aliphatic carbocycles. The number of aliphatic carboxylic acids is 1. The second kappa shape index (κ2) is 6.66. The molecule has 0 radical (unpaired) electrons. The fourth-order valence-corrected chi connectivity index (χ4v) is 2.41. The topological polar surface area (TPSA) is 76.0 Å². The Morgan fingerprint density at radius 2 is 1.83 bits per heavy atom. The molecule has 1 aliphatic heterocycles. The summed E-state index contributed by atoms with van der Waals surface area (Å²) in [5.74, 6) is -1.50. The number of carboxylic acid groups (broad SMARTS) is 1. The van der Waals surface area contributed by atoms with E-state index >= 15 is 0 Å². The molecule has 0 atom stereocenters. The van der Waals surface area contributed by atoms with Crippen molar-refractivity contribution < 1.29 is 28.7 Å². The summed E-state index contributed by atoms with van der Waals surface area (Å²) >= 11 is 0. The Balaban J connectivity index is 2.38. The van der Waals surface area contributed by atoms with Gasteiger partial charge in [-0.05, 0) is 56.4 Å². The van der Waals surface area contributed by atoms with Gasteiger partial charge in [-0.15, -0.1) is 0 Å². The molecule has 1 heterocycles. The molecule has 0 saturated carbocycles. The Kier molecular flexibility index (Phi) is 5.18. The average Bonchev–Trinajstić information content (AvgIpc) is 2.66. The number of aliphatic hydroxyl groups excluding tert-OH is 1. The molecule has 0 unspecified atom stereocenters. The van der Waals surface area contributed by atoms with E-state index in [1.54, 1.807) is 0 Å². The van der Waals surface area contributed by atoms with E-state index in [-0.39, 0.29) is 13.0 Å². The molecule has 1 aromatic rings. The molecule has 24 heavy (non-hydrogen) atoms. The first kappa shape index (κ1) is 18.6. The monoisotopic (exact) mass is 336 g/mol. The summed E-state index contributed by atoms with van der Waals surface area (Å²) in [6.07, 6.45) is 1.29. The minimum atomic E-state index is -1.02. The minimum absolute atomic E-state index is 0.242. The van der Waals surface area contributed by atoms with Crippen LogP contribution >= 0.6 is 0 Å². The zero-order valence-electron chi connectivity index (χ0n) is 14.3. The predicted molar refractivity (Wildman–Crippen MR) is 88.9 cm³/mol. The lowest BCUT2D eigenvalue weighted by Crippen LogP contribution is -2.41. The van der Waals surface area contributed by atoms with Gasteiger partial charge in [0.05, 0.1) is 24.2 Å². The molecule has 1 aromatic carbocycles. The molecule has 1 fully saturated rings. The van der Waals surface area contributed by atoms with Crippen molar-refractivity contribution in [2.75, 3.05) is 6.61 Å². The zero-order valence-corrected chi connectivity index (χ0v) is 14.3. The van der Waals surface area contributed by atoms with Crippen LogP contribution in [0.4, 0.5) is 4.39 Å². The van der Waals surface area contributed by atoms with Crippen molar-refractivity contribution in [3.8, 4) is 0 Å². The largest absolute Gasteiger partial charge is 0.492 e. The number of rotatable bonds is 5. The number of halogens is 1. The molecule has 0 bridgehead atoms. The van der Waals surface area contributed by atoms with Crippen LogP contribution in [0.1, 0.15) is 38.8 Å². The van der Waals surface area contributed by atoms with Gasteiger partial charge < -0.3 is 19.5 Å². The number of aliphatic hydroxyl groups is 1. The highest BCUT2D eigenvalue weighted by atomic mass is 19.1. The highest BCUT2D eigenvalue weighted by molar-refractivity contribution is 6.55. The lowest BCUT2D eigenvalue weighted by molar-refractivity contribution is -0.136. The van der Waals surface area contributed by atoms with Crippen LogP contribution in [0, 0.1) is 5.82 Å². The van der Waals surface area contributed by atoms with Crippen molar-refractivity contribution in [2.24, 2.45) is 0 Å². The van der Waals surface area contributed by atoms with Gasteiger partial charge in [0.2, 0.25) is 0 Å². The SMILES string of the molecule is CC1(C)OB(C(=Cc2cc(F)ccc2CC(=O)O)CO)OC1(C)C. The van der Waals surface area contributed by atoms with Crippen molar-refractivity contribution >= 4 is 19.2 Å². The molecule has 0 aromatic heterocycles. The number of carboxylic acids is 1. The van der Waals surface area contributed by atoms with Gasteiger partial charge >= 0.3 is 13.1 Å². The zero-order chi connectivity index (χ0) is 18.1. The van der Waals surface area contributed by atoms with E-state index in [0.29, 0.717) is 16.6 Å². The van der Waals surface area contributed by atoms with Crippen LogP contribution < -0.4 is 0 Å². The van der Waals surface area contributed by atoms with Crippen molar-refractivity contribution in [3.05, 3.63) is 40.6 Å². The van der Waals surface area contributed by atoms with E-state index in [1.807, 2.05) is 27.7 Å². The first-order valence-corrected chi connectivity index (χ1v) is 7.73. The summed E-state index contributed by atoms with van der Waals surface area (Å²) in [6, 6.07) is 3.87. The standard InChI is InChI=1S/C17H22BFO5/c1-16(2)17(3,4)24-18(23-16)13(10-20)7-12-8-14(19)6-5-11(12)9-15(21)22/h5-8,20H,9-10H2,1-4H3,(H,21,22). The summed E-state index contributed by atoms with van der Waals surface area (Å²) in [6.45, 7) is 7.21. The van der Waals surface area contributed by atoms with E-state index in [2.05, 4.69) is 0 Å². The lowest BCUT2D eigenvalue weighted by Gasteiger charge is -2.32. The van der Waals surface area contributed by atoms with Gasteiger partial charge in [-0.2, -0.15) is 0 Å². The summed E-state index contributed by atoms with van der Waals surface area (Å²) in [5, 5.41) is 18.7. The van der Waals surface area contributed by atoms with Crippen LogP contribution in [-0.4, -0.2) is 41.1 Å². The normalized spacial score (nSPS) is 19.6. The summed E-state index contributed by atoms with van der Waals surface area (Å²) in [7, 11) is -0.777. The van der Waals surface area contributed by atoms with Crippen LogP contribution in [0.5, 0.6) is 0 Å². The third-order valence-corrected chi connectivity index (χ3v) is 4.53. The van der Waals surface area contributed by atoms with E-state index < -0.39 is 30.1 Å². The predicted octanol–water partition coefficient (Wildman–Crippen LogP) is 2.46. The van der Waals surface area contributed by atoms with Gasteiger partial charge in [0.25, 0.3) is 0 Å². The highest BCUT2D eigenvalue weighted by Gasteiger charge is 2.52. The Labute approximate surface area is 141 Å². The van der Waals surface area contributed by atoms with Gasteiger partial charge in [-0.1, -0.05) is 12.1 Å². The third-order valence-electron chi connectivity index (χ3n) is 4.53. The third kappa shape index (κ3) is 3.86. The van der Waals surface area contributed by atoms with Crippen LogP contribution in [0.25, 0.3) is 6.08 Å². The fourth-order valence-electron chi connectivity index (χ4n) is 2.41. The Hall–Kier alpha value is -1.70. The Morgan fingerprint density at radius 1 is 1.25 bits per heavy atom. The maximum absolute atomic E-state index is 13.6. The molecule has 1 aliphatic rings. The van der Waals surface area contributed by atoms with Crippen LogP contribution in [0.15, 0.2) is 23.7 Å². The first-order chi connectivity index (χ1) is 11.1. The van der Waals surface area contributed by atoms with Crippen molar-refractivity contribution in [3.63, 3.8) is 0 Å². The molecule has 1 saturated heterocycles. The highest BCUT2D eigenvalue weighted by Crippen LogP contribution is 2.38. The molecule has 0 spiro atoms. The Morgan fingerprint density at radius 3 is 2.33 bits per heavy atom. The van der Waals surface area contributed by atoms with Gasteiger partial charge in [0.15, 0.2) is 0 Å². The van der Waals surface area contributed by atoms with E-state index in [9.17, 15) is 14.3 Å². The average molecular weight is 336 g/mol. The van der Waals surface area contributed by atoms with Gasteiger partial charge in [0, 0.05) is 0 Å². The first-order valence-electron chi connectivity index (χ1n) is 7.73.